The van der Waals surface area contributed by atoms with Crippen LogP contribution in [0.4, 0.5) is 0 Å². The lowest BCUT2D eigenvalue weighted by molar-refractivity contribution is -0.166. The predicted molar refractivity (Wildman–Crippen MR) is 362 cm³/mol. The first-order valence-electron chi connectivity index (χ1n) is 35.0. The Kier molecular flexibility index (Phi) is 66.7. The molecule has 0 rings (SSSR count). The third-order valence-electron chi connectivity index (χ3n) is 15.0. The number of hydrogen-bond acceptors (Lipinski definition) is 6. The van der Waals surface area contributed by atoms with Gasteiger partial charge in [0.15, 0.2) is 6.10 Å². The zero-order valence-electron chi connectivity index (χ0n) is 54.4. The number of unbranched alkanes of at least 4 members (excludes halogenated alkanes) is 33. The van der Waals surface area contributed by atoms with Gasteiger partial charge in [-0.3, -0.25) is 14.4 Å². The van der Waals surface area contributed by atoms with Crippen molar-refractivity contribution >= 4 is 17.9 Å². The minimum atomic E-state index is -0.851. The molecule has 83 heavy (non-hydrogen) atoms. The van der Waals surface area contributed by atoms with Crippen LogP contribution in [0.2, 0.25) is 0 Å². The molecule has 0 N–H and O–H groups in total. The Balaban J connectivity index is 4.26. The molecule has 6 nitrogen and oxygen atoms in total. The maximum Gasteiger partial charge on any atom is 0.309 e. The molecular weight excluding hydrogens is 1020 g/mol. The zero-order valence-corrected chi connectivity index (χ0v) is 54.4. The molecule has 0 aliphatic heterocycles. The normalized spacial score (nSPS) is 12.9. The molecule has 0 aromatic carbocycles. The Hall–Kier alpha value is -4.19. The lowest BCUT2D eigenvalue weighted by atomic mass is 10.0. The average molecular weight is 1150 g/mol. The van der Waals surface area contributed by atoms with Gasteiger partial charge in [-0.1, -0.05) is 348 Å². The molecular formula is C77H130O6. The van der Waals surface area contributed by atoms with Crippen molar-refractivity contribution in [2.45, 2.75) is 335 Å². The number of carbonyl (C=O) groups excluding carboxylic acids is 3. The molecule has 0 amide bonds. The van der Waals surface area contributed by atoms with E-state index in [0.717, 1.165) is 89.9 Å². The summed E-state index contributed by atoms with van der Waals surface area (Å²) in [5.74, 6) is -1.12. The highest BCUT2D eigenvalue weighted by Gasteiger charge is 2.19. The van der Waals surface area contributed by atoms with Crippen LogP contribution >= 0.6 is 0 Å². The molecule has 0 saturated heterocycles. The van der Waals surface area contributed by atoms with Gasteiger partial charge in [0, 0.05) is 12.8 Å². The van der Waals surface area contributed by atoms with E-state index < -0.39 is 18.0 Å². The fraction of sp³-hybridized carbons (Fsp3) is 0.701. The fourth-order valence-electron chi connectivity index (χ4n) is 9.85. The molecule has 0 aromatic rings. The van der Waals surface area contributed by atoms with Gasteiger partial charge in [0.1, 0.15) is 13.2 Å². The summed E-state index contributed by atoms with van der Waals surface area (Å²) in [6.07, 6.45) is 98.6. The van der Waals surface area contributed by atoms with Gasteiger partial charge in [-0.25, -0.2) is 0 Å². The van der Waals surface area contributed by atoms with Crippen LogP contribution in [0.15, 0.2) is 122 Å². The summed E-state index contributed by atoms with van der Waals surface area (Å²) in [6, 6.07) is 0. The van der Waals surface area contributed by atoms with E-state index in [2.05, 4.69) is 130 Å². The van der Waals surface area contributed by atoms with Gasteiger partial charge in [-0.15, -0.1) is 0 Å². The number of carbonyl (C=O) groups is 3. The quantitative estimate of drug-likeness (QED) is 0.0261. The molecule has 1 atom stereocenters. The van der Waals surface area contributed by atoms with E-state index in [1.54, 1.807) is 6.08 Å². The van der Waals surface area contributed by atoms with Gasteiger partial charge in [-0.05, 0) is 83.5 Å². The third-order valence-corrected chi connectivity index (χ3v) is 15.0. The van der Waals surface area contributed by atoms with Gasteiger partial charge >= 0.3 is 17.9 Å². The van der Waals surface area contributed by atoms with Crippen molar-refractivity contribution in [1.82, 2.24) is 0 Å². The molecule has 0 saturated carbocycles. The summed E-state index contributed by atoms with van der Waals surface area (Å²) < 4.78 is 16.8. The number of hydrogen-bond donors (Lipinski definition) is 0. The van der Waals surface area contributed by atoms with Crippen molar-refractivity contribution in [3.05, 3.63) is 122 Å². The van der Waals surface area contributed by atoms with Crippen molar-refractivity contribution < 1.29 is 28.6 Å². The van der Waals surface area contributed by atoms with Crippen LogP contribution in [0.5, 0.6) is 0 Å². The molecule has 0 aliphatic rings. The minimum Gasteiger partial charge on any atom is -0.462 e. The van der Waals surface area contributed by atoms with Gasteiger partial charge < -0.3 is 14.2 Å². The molecule has 0 radical (unpaired) electrons. The van der Waals surface area contributed by atoms with Gasteiger partial charge in [0.25, 0.3) is 0 Å². The second-order valence-electron chi connectivity index (χ2n) is 23.1. The molecule has 6 heteroatoms. The van der Waals surface area contributed by atoms with Crippen molar-refractivity contribution in [3.8, 4) is 0 Å². The summed E-state index contributed by atoms with van der Waals surface area (Å²) in [4.78, 5) is 38.3. The van der Waals surface area contributed by atoms with E-state index in [-0.39, 0.29) is 32.0 Å². The van der Waals surface area contributed by atoms with E-state index in [1.807, 2.05) is 6.08 Å². The molecule has 0 bridgehead atoms. The topological polar surface area (TPSA) is 78.9 Å². The van der Waals surface area contributed by atoms with E-state index in [4.69, 9.17) is 14.2 Å². The first kappa shape index (κ1) is 78.8. The van der Waals surface area contributed by atoms with E-state index in [1.165, 1.54) is 193 Å². The molecule has 0 spiro atoms. The second kappa shape index (κ2) is 70.3. The molecule has 0 heterocycles. The molecule has 1 unspecified atom stereocenters. The van der Waals surface area contributed by atoms with Crippen molar-refractivity contribution in [2.75, 3.05) is 13.2 Å². The molecule has 474 valence electrons. The Bertz CT molecular complexity index is 1700. The van der Waals surface area contributed by atoms with E-state index in [0.29, 0.717) is 12.8 Å². The van der Waals surface area contributed by atoms with E-state index in [9.17, 15) is 14.4 Å². The highest BCUT2D eigenvalue weighted by atomic mass is 16.6. The maximum absolute atomic E-state index is 12.9. The highest BCUT2D eigenvalue weighted by molar-refractivity contribution is 5.72. The van der Waals surface area contributed by atoms with Crippen LogP contribution in [-0.4, -0.2) is 37.2 Å². The summed E-state index contributed by atoms with van der Waals surface area (Å²) in [6.45, 7) is 6.31. The van der Waals surface area contributed by atoms with Crippen LogP contribution in [-0.2, 0) is 28.6 Å². The standard InChI is InChI=1S/C77H130O6/c1-4-7-10-13-16-19-22-25-28-30-31-32-33-34-35-36-37-38-39-40-41-42-43-44-45-47-49-52-55-58-61-64-67-70-76(79)82-73-74(72-81-75(78)69-66-63-60-57-54-51-48-27-24-21-18-15-12-9-6-3)83-77(80)71-68-65-62-59-56-53-50-46-29-26-23-20-17-14-11-8-5-2/h8-9,11-12,17-18,20-21,26-27,29,48,50,53-54,57,59,62-63,66,74H,4-7,10,13-16,19,22-25,28,30-47,49,51-52,55-56,58,60-61,64-65,67-73H2,1-3H3/b11-8-,12-9-,20-17-,21-18-,29-26-,48-27-,53-50-,57-54-,62-59-,66-63-. The maximum atomic E-state index is 12.9. The zero-order chi connectivity index (χ0) is 59.9. The van der Waals surface area contributed by atoms with Crippen LogP contribution in [0, 0.1) is 0 Å². The van der Waals surface area contributed by atoms with Gasteiger partial charge in [0.2, 0.25) is 0 Å². The van der Waals surface area contributed by atoms with Crippen molar-refractivity contribution in [1.29, 1.82) is 0 Å². The van der Waals surface area contributed by atoms with Crippen LogP contribution in [0.3, 0.4) is 0 Å². The lowest BCUT2D eigenvalue weighted by Gasteiger charge is -2.18. The largest absolute Gasteiger partial charge is 0.462 e. The summed E-state index contributed by atoms with van der Waals surface area (Å²) in [7, 11) is 0. The van der Waals surface area contributed by atoms with Crippen LogP contribution < -0.4 is 0 Å². The average Bonchev–Trinajstić information content (AvgIpc) is 3.49. The Labute approximate surface area is 513 Å². The number of rotatable bonds is 63. The summed E-state index contributed by atoms with van der Waals surface area (Å²) in [5, 5.41) is 0. The fourth-order valence-corrected chi connectivity index (χ4v) is 9.85. The summed E-state index contributed by atoms with van der Waals surface area (Å²) in [5.41, 5.74) is 0. The Morgan fingerprint density at radius 1 is 0.265 bits per heavy atom. The molecule has 0 aromatic heterocycles. The van der Waals surface area contributed by atoms with Gasteiger partial charge in [-0.2, -0.15) is 0 Å². The van der Waals surface area contributed by atoms with Crippen molar-refractivity contribution in [3.63, 3.8) is 0 Å². The van der Waals surface area contributed by atoms with E-state index >= 15 is 0 Å². The summed E-state index contributed by atoms with van der Waals surface area (Å²) >= 11 is 0. The Morgan fingerprint density at radius 2 is 0.518 bits per heavy atom. The van der Waals surface area contributed by atoms with Crippen molar-refractivity contribution in [2.24, 2.45) is 0 Å². The molecule has 0 aliphatic carbocycles. The SMILES string of the molecule is CC/C=C\C/C=C\C/C=C\C/C=C\C/C=C\CCCC(=O)OC(COC(=O)C/C=C\C/C=C\C/C=C\C/C=C\C/C=C\CC)COC(=O)CCCCCCCCCCCCCCCCCCCCCCCCCCCCCCCCCCC. The number of ether oxygens (including phenoxy) is 3. The van der Waals surface area contributed by atoms with Crippen LogP contribution in [0.1, 0.15) is 329 Å². The van der Waals surface area contributed by atoms with Crippen LogP contribution in [0.25, 0.3) is 0 Å². The molecule has 0 fully saturated rings. The number of allylic oxidation sites excluding steroid dienone is 19. The smallest absolute Gasteiger partial charge is 0.309 e. The third kappa shape index (κ3) is 68.5. The lowest BCUT2D eigenvalue weighted by Crippen LogP contribution is -2.30. The highest BCUT2D eigenvalue weighted by Crippen LogP contribution is 2.18. The first-order chi connectivity index (χ1) is 41.0. The Morgan fingerprint density at radius 3 is 0.831 bits per heavy atom. The van der Waals surface area contributed by atoms with Gasteiger partial charge in [0.05, 0.1) is 6.42 Å². The monoisotopic (exact) mass is 1150 g/mol. The predicted octanol–water partition coefficient (Wildman–Crippen LogP) is 24.3. The first-order valence-corrected chi connectivity index (χ1v) is 35.0. The minimum absolute atomic E-state index is 0.112. The second-order valence-corrected chi connectivity index (χ2v) is 23.1. The number of esters is 3.